The van der Waals surface area contributed by atoms with Gasteiger partial charge >= 0.3 is 6.01 Å². The number of ether oxygens (including phenoxy) is 3. The second kappa shape index (κ2) is 7.97. The van der Waals surface area contributed by atoms with Crippen LogP contribution < -0.4 is 20.6 Å². The number of amides is 1. The molecule has 0 spiro atoms. The maximum absolute atomic E-state index is 10.7. The summed E-state index contributed by atoms with van der Waals surface area (Å²) in [6.45, 7) is 1.56. The number of nitrogens with two attached hydrogens (primary N) is 1. The van der Waals surface area contributed by atoms with E-state index in [0.717, 1.165) is 0 Å². The van der Waals surface area contributed by atoms with Crippen LogP contribution in [-0.4, -0.2) is 34.6 Å². The van der Waals surface area contributed by atoms with E-state index in [0.29, 0.717) is 17.3 Å². The highest BCUT2D eigenvalue weighted by molar-refractivity contribution is 5.90. The number of aryl methyl sites for hydroxylation is 1. The van der Waals surface area contributed by atoms with Gasteiger partial charge in [0.25, 0.3) is 5.91 Å². The van der Waals surface area contributed by atoms with Crippen LogP contribution in [-0.2, 0) is 9.53 Å². The summed E-state index contributed by atoms with van der Waals surface area (Å²) in [6, 6.07) is 11.1. The van der Waals surface area contributed by atoms with Crippen LogP contribution in [0.4, 0.5) is 0 Å². The van der Waals surface area contributed by atoms with E-state index in [2.05, 4.69) is 20.5 Å². The van der Waals surface area contributed by atoms with Crippen molar-refractivity contribution in [2.75, 3.05) is 6.61 Å². The van der Waals surface area contributed by atoms with Crippen molar-refractivity contribution in [2.45, 2.75) is 13.2 Å². The van der Waals surface area contributed by atoms with E-state index in [9.17, 15) is 4.79 Å². The Morgan fingerprint density at radius 1 is 1.27 bits per heavy atom. The minimum Gasteiger partial charge on any atom is -0.467 e. The van der Waals surface area contributed by atoms with E-state index in [1.807, 2.05) is 37.3 Å². The van der Waals surface area contributed by atoms with Crippen molar-refractivity contribution in [1.82, 2.24) is 15.4 Å². The fraction of sp³-hybridized carbons (Fsp3) is 0.176. The van der Waals surface area contributed by atoms with Gasteiger partial charge < -0.3 is 19.9 Å². The first kappa shape index (κ1) is 17.2. The Morgan fingerprint density at radius 3 is 2.77 bits per heavy atom. The molecule has 0 radical (unpaired) electrons. The molecule has 1 aromatic heterocycles. The van der Waals surface area contributed by atoms with Crippen LogP contribution >= 0.6 is 0 Å². The molecule has 0 bridgehead atoms. The molecule has 3 rings (SSSR count). The molecular weight excluding hydrogens is 338 g/mol. The SMILES string of the molecule is Cc1cc(Oc2ccccc2)nc(OC2C=CC(OCC(N)=O)=NN2)n1. The number of hydrazone groups is 1. The highest BCUT2D eigenvalue weighted by Crippen LogP contribution is 2.21. The maximum atomic E-state index is 10.7. The fourth-order valence-corrected chi connectivity index (χ4v) is 2.01. The minimum absolute atomic E-state index is 0.134. The van der Waals surface area contributed by atoms with Gasteiger partial charge in [-0.05, 0) is 25.1 Å². The molecule has 0 aliphatic carbocycles. The fourth-order valence-electron chi connectivity index (χ4n) is 2.01. The summed E-state index contributed by atoms with van der Waals surface area (Å²) < 4.78 is 16.4. The molecule has 2 aromatic rings. The Kier molecular flexibility index (Phi) is 5.28. The first-order chi connectivity index (χ1) is 12.6. The van der Waals surface area contributed by atoms with Gasteiger partial charge in [0.15, 0.2) is 6.61 Å². The van der Waals surface area contributed by atoms with E-state index in [1.165, 1.54) is 0 Å². The first-order valence-corrected chi connectivity index (χ1v) is 7.76. The third-order valence-corrected chi connectivity index (χ3v) is 3.09. The summed E-state index contributed by atoms with van der Waals surface area (Å²) in [7, 11) is 0. The quantitative estimate of drug-likeness (QED) is 0.800. The summed E-state index contributed by atoms with van der Waals surface area (Å²) in [5.74, 6) is 0.668. The Labute approximate surface area is 149 Å². The highest BCUT2D eigenvalue weighted by Gasteiger charge is 2.14. The molecule has 134 valence electrons. The molecule has 1 aliphatic heterocycles. The van der Waals surface area contributed by atoms with Gasteiger partial charge in [0.05, 0.1) is 0 Å². The third kappa shape index (κ3) is 4.94. The number of rotatable bonds is 6. The number of aromatic nitrogens is 2. The number of nitrogens with one attached hydrogen (secondary N) is 1. The molecule has 3 N–H and O–H groups in total. The summed E-state index contributed by atoms with van der Waals surface area (Å²) >= 11 is 0. The zero-order valence-electron chi connectivity index (χ0n) is 14.0. The van der Waals surface area contributed by atoms with Crippen molar-refractivity contribution < 1.29 is 19.0 Å². The lowest BCUT2D eigenvalue weighted by atomic mass is 10.3. The Balaban J connectivity index is 1.62. The van der Waals surface area contributed by atoms with Crippen molar-refractivity contribution in [1.29, 1.82) is 0 Å². The molecule has 0 saturated carbocycles. The molecule has 1 amide bonds. The molecule has 1 aromatic carbocycles. The van der Waals surface area contributed by atoms with Crippen molar-refractivity contribution in [2.24, 2.45) is 10.8 Å². The van der Waals surface area contributed by atoms with Crippen LogP contribution in [0.1, 0.15) is 5.69 Å². The van der Waals surface area contributed by atoms with E-state index in [1.54, 1.807) is 18.2 Å². The van der Waals surface area contributed by atoms with E-state index in [-0.39, 0.29) is 18.5 Å². The second-order valence-corrected chi connectivity index (χ2v) is 5.28. The number of hydrogen-bond donors (Lipinski definition) is 2. The average Bonchev–Trinajstić information content (AvgIpc) is 2.61. The number of carbonyl (C=O) groups excluding carboxylic acids is 1. The first-order valence-electron chi connectivity index (χ1n) is 7.76. The summed E-state index contributed by atoms with van der Waals surface area (Å²) in [5, 5.41) is 3.93. The van der Waals surface area contributed by atoms with Gasteiger partial charge in [0.2, 0.25) is 18.0 Å². The average molecular weight is 355 g/mol. The Hall–Kier alpha value is -3.62. The molecule has 1 aliphatic rings. The van der Waals surface area contributed by atoms with Crippen LogP contribution in [0.25, 0.3) is 0 Å². The summed E-state index contributed by atoms with van der Waals surface area (Å²) in [4.78, 5) is 19.1. The van der Waals surface area contributed by atoms with Gasteiger partial charge in [-0.25, -0.2) is 4.98 Å². The minimum atomic E-state index is -0.595. The van der Waals surface area contributed by atoms with Gasteiger partial charge in [-0.1, -0.05) is 18.2 Å². The zero-order chi connectivity index (χ0) is 18.4. The molecule has 0 fully saturated rings. The Morgan fingerprint density at radius 2 is 2.08 bits per heavy atom. The lowest BCUT2D eigenvalue weighted by Gasteiger charge is -2.18. The number of hydrogen-bond acceptors (Lipinski definition) is 8. The van der Waals surface area contributed by atoms with Gasteiger partial charge in [0.1, 0.15) is 5.75 Å². The van der Waals surface area contributed by atoms with Gasteiger partial charge in [-0.15, -0.1) is 5.10 Å². The van der Waals surface area contributed by atoms with Gasteiger partial charge in [-0.2, -0.15) is 4.98 Å². The van der Waals surface area contributed by atoms with E-state index in [4.69, 9.17) is 19.9 Å². The van der Waals surface area contributed by atoms with Crippen LogP contribution in [0.3, 0.4) is 0 Å². The molecular formula is C17H17N5O4. The molecule has 1 atom stereocenters. The number of nitrogens with zero attached hydrogens (tertiary/aromatic N) is 3. The van der Waals surface area contributed by atoms with Crippen LogP contribution in [0.2, 0.25) is 0 Å². The third-order valence-electron chi connectivity index (χ3n) is 3.09. The largest absolute Gasteiger partial charge is 0.467 e. The Bertz CT molecular complexity index is 838. The number of para-hydroxylation sites is 1. The van der Waals surface area contributed by atoms with E-state index >= 15 is 0 Å². The summed E-state index contributed by atoms with van der Waals surface area (Å²) in [6.07, 6.45) is 2.61. The topological polar surface area (TPSA) is 121 Å². The normalized spacial score (nSPS) is 15.6. The lowest BCUT2D eigenvalue weighted by molar-refractivity contribution is -0.120. The molecule has 9 nitrogen and oxygen atoms in total. The second-order valence-electron chi connectivity index (χ2n) is 5.28. The predicted octanol–water partition coefficient (Wildman–Crippen LogP) is 1.26. The summed E-state index contributed by atoms with van der Waals surface area (Å²) in [5.41, 5.74) is 8.41. The van der Waals surface area contributed by atoms with Crippen molar-refractivity contribution >= 4 is 11.8 Å². The van der Waals surface area contributed by atoms with Crippen LogP contribution in [0.5, 0.6) is 17.6 Å². The van der Waals surface area contributed by atoms with Crippen LogP contribution in [0, 0.1) is 6.92 Å². The predicted molar refractivity (Wildman–Crippen MR) is 92.6 cm³/mol. The molecule has 0 saturated heterocycles. The number of benzene rings is 1. The standard InChI is InChI=1S/C17H17N5O4/c1-11-9-16(25-12-5-3-2-4-6-12)20-17(19-11)26-15-8-7-14(21-22-15)24-10-13(18)23/h2-9,15,22H,10H2,1H3,(H2,18,23). The number of primary amides is 1. The van der Waals surface area contributed by atoms with Crippen molar-refractivity contribution in [3.8, 4) is 17.6 Å². The maximum Gasteiger partial charge on any atom is 0.322 e. The van der Waals surface area contributed by atoms with Crippen molar-refractivity contribution in [3.05, 3.63) is 54.2 Å². The van der Waals surface area contributed by atoms with Gasteiger partial charge in [0, 0.05) is 17.8 Å². The highest BCUT2D eigenvalue weighted by atomic mass is 16.5. The number of carbonyl (C=O) groups is 1. The van der Waals surface area contributed by atoms with Crippen molar-refractivity contribution in [3.63, 3.8) is 0 Å². The molecule has 1 unspecified atom stereocenters. The van der Waals surface area contributed by atoms with Gasteiger partial charge in [-0.3, -0.25) is 10.2 Å². The van der Waals surface area contributed by atoms with E-state index < -0.39 is 12.1 Å². The monoisotopic (exact) mass is 355 g/mol. The zero-order valence-corrected chi connectivity index (χ0v) is 14.0. The molecule has 9 heteroatoms. The molecule has 2 heterocycles. The van der Waals surface area contributed by atoms with Crippen LogP contribution in [0.15, 0.2) is 53.7 Å². The molecule has 26 heavy (non-hydrogen) atoms. The lowest BCUT2D eigenvalue weighted by Crippen LogP contribution is -2.34. The smallest absolute Gasteiger partial charge is 0.322 e.